The first kappa shape index (κ1) is 8.88. The molecule has 1 saturated heterocycles. The molecule has 3 nitrogen and oxygen atoms in total. The van der Waals surface area contributed by atoms with E-state index < -0.39 is 0 Å². The molecule has 0 aromatic rings. The van der Waals surface area contributed by atoms with Crippen molar-refractivity contribution in [3.05, 3.63) is 0 Å². The van der Waals surface area contributed by atoms with Gasteiger partial charge in [-0.25, -0.2) is 0 Å². The minimum atomic E-state index is 0. The number of hydrogen-bond acceptors (Lipinski definition) is 3. The zero-order valence-electron chi connectivity index (χ0n) is 6.24. The van der Waals surface area contributed by atoms with Gasteiger partial charge >= 0.3 is 0 Å². The van der Waals surface area contributed by atoms with Crippen molar-refractivity contribution in [3.63, 3.8) is 0 Å². The second-order valence-corrected chi connectivity index (χ2v) is 2.78. The van der Waals surface area contributed by atoms with E-state index in [4.69, 9.17) is 4.74 Å². The molecule has 4 N–H and O–H groups in total. The van der Waals surface area contributed by atoms with Gasteiger partial charge in [0.1, 0.15) is 0 Å². The predicted octanol–water partition coefficient (Wildman–Crippen LogP) is 0.547. The molecule has 0 saturated carbocycles. The van der Waals surface area contributed by atoms with Crippen LogP contribution in [0.15, 0.2) is 0 Å². The molecule has 0 radical (unpaired) electrons. The molecule has 9 heavy (non-hydrogen) atoms. The van der Waals surface area contributed by atoms with Crippen molar-refractivity contribution in [2.45, 2.75) is 19.4 Å². The fraction of sp³-hybridized carbons (Fsp3) is 1.00. The molecule has 1 heterocycles. The Balaban J connectivity index is 0.000000640. The van der Waals surface area contributed by atoms with Gasteiger partial charge in [-0.15, -0.1) is 0 Å². The molecule has 1 fully saturated rings. The summed E-state index contributed by atoms with van der Waals surface area (Å²) in [4.78, 5) is 0. The monoisotopic (exact) mass is 132 g/mol. The van der Waals surface area contributed by atoms with Crippen LogP contribution in [0.25, 0.3) is 0 Å². The van der Waals surface area contributed by atoms with E-state index in [2.05, 4.69) is 19.2 Å². The number of nitrogens with one attached hydrogen (secondary N) is 1. The average Bonchev–Trinajstić information content (AvgIpc) is 1.65. The molecule has 1 aliphatic rings. The van der Waals surface area contributed by atoms with Gasteiger partial charge in [0.05, 0.1) is 12.2 Å². The van der Waals surface area contributed by atoms with Crippen LogP contribution >= 0.6 is 0 Å². The number of rotatable bonds is 0. The van der Waals surface area contributed by atoms with Crippen LogP contribution < -0.4 is 11.5 Å². The maximum absolute atomic E-state index is 5.40. The van der Waals surface area contributed by atoms with E-state index in [-0.39, 0.29) is 11.8 Å². The normalized spacial score (nSPS) is 24.7. The SMILES string of the molecule is CC1(C)CNCCO1.N. The summed E-state index contributed by atoms with van der Waals surface area (Å²) < 4.78 is 5.40. The third kappa shape index (κ3) is 2.79. The highest BCUT2D eigenvalue weighted by atomic mass is 16.5. The van der Waals surface area contributed by atoms with Crippen molar-refractivity contribution in [1.29, 1.82) is 0 Å². The largest absolute Gasteiger partial charge is 0.373 e. The van der Waals surface area contributed by atoms with Crippen LogP contribution in [-0.2, 0) is 4.74 Å². The smallest absolute Gasteiger partial charge is 0.0750 e. The molecule has 0 spiro atoms. The highest BCUT2D eigenvalue weighted by Crippen LogP contribution is 2.08. The standard InChI is InChI=1S/C6H13NO.H3N/c1-6(2)5-7-3-4-8-6;/h7H,3-5H2,1-2H3;1H3. The summed E-state index contributed by atoms with van der Waals surface area (Å²) >= 11 is 0. The first-order valence-electron chi connectivity index (χ1n) is 3.05. The van der Waals surface area contributed by atoms with E-state index in [1.54, 1.807) is 0 Å². The molecule has 1 aliphatic heterocycles. The third-order valence-corrected chi connectivity index (χ3v) is 1.32. The Morgan fingerprint density at radius 3 is 2.33 bits per heavy atom. The van der Waals surface area contributed by atoms with Crippen LogP contribution in [0.5, 0.6) is 0 Å². The van der Waals surface area contributed by atoms with Crippen molar-refractivity contribution < 1.29 is 4.74 Å². The fourth-order valence-electron chi connectivity index (χ4n) is 0.840. The summed E-state index contributed by atoms with van der Waals surface area (Å²) in [6, 6.07) is 0. The van der Waals surface area contributed by atoms with Gasteiger partial charge in [-0.3, -0.25) is 0 Å². The van der Waals surface area contributed by atoms with Gasteiger partial charge in [-0.1, -0.05) is 0 Å². The van der Waals surface area contributed by atoms with Gasteiger partial charge in [-0.05, 0) is 13.8 Å². The second kappa shape index (κ2) is 3.15. The predicted molar refractivity (Wildman–Crippen MR) is 37.9 cm³/mol. The van der Waals surface area contributed by atoms with Crippen LogP contribution in [0.1, 0.15) is 13.8 Å². The van der Waals surface area contributed by atoms with Crippen LogP contribution in [0.4, 0.5) is 0 Å². The first-order chi connectivity index (χ1) is 3.71. The lowest BCUT2D eigenvalue weighted by Crippen LogP contribution is -2.45. The van der Waals surface area contributed by atoms with E-state index in [9.17, 15) is 0 Å². The molecule has 0 atom stereocenters. The van der Waals surface area contributed by atoms with Crippen LogP contribution in [0.2, 0.25) is 0 Å². The van der Waals surface area contributed by atoms with Gasteiger partial charge in [0.25, 0.3) is 0 Å². The van der Waals surface area contributed by atoms with Crippen LogP contribution in [0.3, 0.4) is 0 Å². The Morgan fingerprint density at radius 2 is 2.11 bits per heavy atom. The minimum Gasteiger partial charge on any atom is -0.373 e. The number of ether oxygens (including phenoxy) is 1. The van der Waals surface area contributed by atoms with Gasteiger partial charge in [0.15, 0.2) is 0 Å². The van der Waals surface area contributed by atoms with Crippen LogP contribution in [0, 0.1) is 0 Å². The van der Waals surface area contributed by atoms with Crippen molar-refractivity contribution >= 4 is 0 Å². The molecular formula is C6H16N2O. The fourth-order valence-corrected chi connectivity index (χ4v) is 0.840. The molecule has 0 aromatic carbocycles. The van der Waals surface area contributed by atoms with Crippen LogP contribution in [-0.4, -0.2) is 25.3 Å². The lowest BCUT2D eigenvalue weighted by atomic mass is 10.1. The molecular weight excluding hydrogens is 116 g/mol. The molecule has 0 aliphatic carbocycles. The topological polar surface area (TPSA) is 56.3 Å². The van der Waals surface area contributed by atoms with Crippen molar-refractivity contribution in [3.8, 4) is 0 Å². The third-order valence-electron chi connectivity index (χ3n) is 1.32. The van der Waals surface area contributed by atoms with Gasteiger partial charge in [0, 0.05) is 13.1 Å². The Hall–Kier alpha value is -0.120. The highest BCUT2D eigenvalue weighted by molar-refractivity contribution is 4.75. The minimum absolute atomic E-state index is 0. The van der Waals surface area contributed by atoms with Gasteiger partial charge in [-0.2, -0.15) is 0 Å². The van der Waals surface area contributed by atoms with E-state index >= 15 is 0 Å². The molecule has 0 unspecified atom stereocenters. The highest BCUT2D eigenvalue weighted by Gasteiger charge is 2.20. The molecule has 0 amide bonds. The van der Waals surface area contributed by atoms with Crippen molar-refractivity contribution in [2.75, 3.05) is 19.7 Å². The van der Waals surface area contributed by atoms with E-state index in [0.717, 1.165) is 19.7 Å². The van der Waals surface area contributed by atoms with Gasteiger partial charge < -0.3 is 16.2 Å². The molecule has 3 heteroatoms. The lowest BCUT2D eigenvalue weighted by molar-refractivity contribution is -0.0384. The number of hydrogen-bond donors (Lipinski definition) is 2. The lowest BCUT2D eigenvalue weighted by Gasteiger charge is -2.30. The molecule has 0 aromatic heterocycles. The summed E-state index contributed by atoms with van der Waals surface area (Å²) in [5, 5.41) is 3.25. The quantitative estimate of drug-likeness (QED) is 0.506. The molecule has 1 rings (SSSR count). The Kier molecular flexibility index (Phi) is 3.11. The summed E-state index contributed by atoms with van der Waals surface area (Å²) in [6.45, 7) is 7.03. The Bertz CT molecular complexity index is 75.1. The van der Waals surface area contributed by atoms with E-state index in [1.165, 1.54) is 0 Å². The molecule has 0 bridgehead atoms. The Labute approximate surface area is 56.4 Å². The maximum Gasteiger partial charge on any atom is 0.0750 e. The summed E-state index contributed by atoms with van der Waals surface area (Å²) in [6.07, 6.45) is 0. The average molecular weight is 132 g/mol. The summed E-state index contributed by atoms with van der Waals surface area (Å²) in [5.41, 5.74) is 0.0677. The zero-order valence-corrected chi connectivity index (χ0v) is 6.24. The van der Waals surface area contributed by atoms with Crippen molar-refractivity contribution in [2.24, 2.45) is 0 Å². The second-order valence-electron chi connectivity index (χ2n) is 2.78. The summed E-state index contributed by atoms with van der Waals surface area (Å²) in [7, 11) is 0. The maximum atomic E-state index is 5.40. The van der Waals surface area contributed by atoms with E-state index in [0.29, 0.717) is 0 Å². The molecule has 56 valence electrons. The summed E-state index contributed by atoms with van der Waals surface area (Å²) in [5.74, 6) is 0. The first-order valence-corrected chi connectivity index (χ1v) is 3.05. The zero-order chi connectivity index (χ0) is 6.04. The van der Waals surface area contributed by atoms with E-state index in [1.807, 2.05) is 0 Å². The van der Waals surface area contributed by atoms with Crippen molar-refractivity contribution in [1.82, 2.24) is 11.5 Å². The number of morpholine rings is 1. The van der Waals surface area contributed by atoms with Gasteiger partial charge in [0.2, 0.25) is 0 Å². The Morgan fingerprint density at radius 1 is 1.44 bits per heavy atom.